The van der Waals surface area contributed by atoms with Crippen LogP contribution in [0, 0.1) is 0 Å². The van der Waals surface area contributed by atoms with Gasteiger partial charge in [-0.15, -0.1) is 0 Å². The third-order valence-electron chi connectivity index (χ3n) is 6.46. The summed E-state index contributed by atoms with van der Waals surface area (Å²) in [5, 5.41) is 24.5. The number of phosphoric acid groups is 1. The first-order valence-corrected chi connectivity index (χ1v) is 12.9. The fraction of sp³-hybridized carbons (Fsp3) is 0.895. The van der Waals surface area contributed by atoms with Crippen LogP contribution in [0.4, 0.5) is 0 Å². The van der Waals surface area contributed by atoms with Crippen LogP contribution in [-0.2, 0) is 28.0 Å². The van der Waals surface area contributed by atoms with Crippen LogP contribution in [0.25, 0.3) is 0 Å². The Labute approximate surface area is 203 Å². The zero-order valence-electron chi connectivity index (χ0n) is 19.7. The standard InChI is InChI=1S/C19H38N5O10P/c1-19(26)7-30-18(15(16(19)24-2)34-35(27,28)29)33-14-11(23)5-10(22)13(12(14)25)32-17-9(21)4-3-8(6-20)31-17/h3,9-18,24-26H,4-7,20-23H2,1-2H3,(H2,27,28,29)/t9-,10+,11-,12+,13-,14+,15-,16-,17-,18+,19+/m1/s1. The molecule has 11 atom stereocenters. The molecule has 16 heteroatoms. The third-order valence-corrected chi connectivity index (χ3v) is 6.97. The normalized spacial score (nSPS) is 45.0. The van der Waals surface area contributed by atoms with E-state index in [1.165, 1.54) is 14.0 Å². The van der Waals surface area contributed by atoms with E-state index in [4.69, 9.17) is 46.4 Å². The molecule has 35 heavy (non-hydrogen) atoms. The zero-order chi connectivity index (χ0) is 26.1. The van der Waals surface area contributed by atoms with Gasteiger partial charge in [-0.25, -0.2) is 4.57 Å². The molecule has 0 aromatic carbocycles. The second kappa shape index (κ2) is 11.3. The lowest BCUT2D eigenvalue weighted by molar-refractivity contribution is -0.300. The summed E-state index contributed by atoms with van der Waals surface area (Å²) in [4.78, 5) is 18.9. The van der Waals surface area contributed by atoms with Crippen molar-refractivity contribution in [2.75, 3.05) is 20.2 Å². The van der Waals surface area contributed by atoms with Gasteiger partial charge in [-0.3, -0.25) is 4.52 Å². The van der Waals surface area contributed by atoms with E-state index < -0.39 is 74.6 Å². The number of nitrogens with two attached hydrogens (primary N) is 4. The van der Waals surface area contributed by atoms with Crippen LogP contribution in [-0.4, -0.2) is 107 Å². The monoisotopic (exact) mass is 527 g/mol. The van der Waals surface area contributed by atoms with Gasteiger partial charge < -0.3 is 67.2 Å². The van der Waals surface area contributed by atoms with Crippen LogP contribution in [0.5, 0.6) is 0 Å². The minimum Gasteiger partial charge on any atom is -0.467 e. The maximum atomic E-state index is 11.6. The summed E-state index contributed by atoms with van der Waals surface area (Å²) >= 11 is 0. The number of likely N-dealkylation sites (N-methyl/N-ethyl adjacent to an activating group) is 1. The molecular weight excluding hydrogens is 489 g/mol. The molecule has 3 rings (SSSR count). The third kappa shape index (κ3) is 6.77. The topological polar surface area (TPSA) is 260 Å². The lowest BCUT2D eigenvalue weighted by Gasteiger charge is -2.49. The molecule has 1 saturated heterocycles. The van der Waals surface area contributed by atoms with Crippen molar-refractivity contribution in [3.05, 3.63) is 11.8 Å². The number of aliphatic hydroxyl groups is 2. The van der Waals surface area contributed by atoms with Gasteiger partial charge in [-0.1, -0.05) is 0 Å². The summed E-state index contributed by atoms with van der Waals surface area (Å²) in [7, 11) is -3.53. The van der Waals surface area contributed by atoms with Gasteiger partial charge in [0.25, 0.3) is 0 Å². The molecule has 0 unspecified atom stereocenters. The molecule has 0 aromatic heterocycles. The van der Waals surface area contributed by atoms with Crippen molar-refractivity contribution in [1.29, 1.82) is 0 Å². The van der Waals surface area contributed by atoms with Crippen LogP contribution in [0.15, 0.2) is 11.8 Å². The van der Waals surface area contributed by atoms with Crippen molar-refractivity contribution in [2.45, 2.75) is 86.5 Å². The average molecular weight is 528 g/mol. The van der Waals surface area contributed by atoms with E-state index >= 15 is 0 Å². The van der Waals surface area contributed by atoms with E-state index in [-0.39, 0.29) is 19.6 Å². The van der Waals surface area contributed by atoms with Gasteiger partial charge in [-0.2, -0.15) is 0 Å². The molecule has 204 valence electrons. The van der Waals surface area contributed by atoms with Gasteiger partial charge in [0.1, 0.15) is 35.8 Å². The number of hydrogen-bond donors (Lipinski definition) is 9. The molecule has 0 spiro atoms. The molecule has 0 amide bonds. The zero-order valence-corrected chi connectivity index (χ0v) is 20.6. The Balaban J connectivity index is 1.78. The van der Waals surface area contributed by atoms with Crippen molar-refractivity contribution in [3.8, 4) is 0 Å². The highest BCUT2D eigenvalue weighted by molar-refractivity contribution is 7.46. The van der Waals surface area contributed by atoms with E-state index in [2.05, 4.69) is 5.32 Å². The smallest absolute Gasteiger partial charge is 0.467 e. The summed E-state index contributed by atoms with van der Waals surface area (Å²) in [6.07, 6.45) is -4.88. The summed E-state index contributed by atoms with van der Waals surface area (Å²) in [5.74, 6) is 0.498. The van der Waals surface area contributed by atoms with Gasteiger partial charge in [0.15, 0.2) is 6.29 Å². The first-order chi connectivity index (χ1) is 16.3. The van der Waals surface area contributed by atoms with Crippen molar-refractivity contribution < 1.29 is 48.0 Å². The molecular formula is C19H38N5O10P. The minimum absolute atomic E-state index is 0.152. The van der Waals surface area contributed by atoms with Crippen molar-refractivity contribution in [1.82, 2.24) is 5.32 Å². The predicted octanol–water partition coefficient (Wildman–Crippen LogP) is -3.73. The predicted molar refractivity (Wildman–Crippen MR) is 121 cm³/mol. The average Bonchev–Trinajstić information content (AvgIpc) is 2.75. The molecule has 3 aliphatic rings. The van der Waals surface area contributed by atoms with Crippen molar-refractivity contribution >= 4 is 7.82 Å². The highest BCUT2D eigenvalue weighted by Crippen LogP contribution is 2.43. The number of ether oxygens (including phenoxy) is 4. The van der Waals surface area contributed by atoms with Gasteiger partial charge in [0.05, 0.1) is 25.2 Å². The number of hydrogen-bond acceptors (Lipinski definition) is 13. The Bertz CT molecular complexity index is 800. The molecule has 2 fully saturated rings. The first kappa shape index (κ1) is 28.8. The molecule has 15 nitrogen and oxygen atoms in total. The SMILES string of the molecule is CN[C@@H]1[C@@H](OP(=O)(O)O)[C@H](O[C@@H]2[C@@H](O)[C@H](O[C@H]3OC(CN)=CC[C@H]3N)[C@@H](N)C[C@H]2N)OC[C@]1(C)O. The van der Waals surface area contributed by atoms with Gasteiger partial charge in [-0.05, 0) is 32.9 Å². The summed E-state index contributed by atoms with van der Waals surface area (Å²) in [6.45, 7) is 1.32. The van der Waals surface area contributed by atoms with Crippen LogP contribution in [0.3, 0.4) is 0 Å². The van der Waals surface area contributed by atoms with Crippen molar-refractivity contribution in [2.24, 2.45) is 22.9 Å². The Kier molecular flexibility index (Phi) is 9.33. The Hall–Kier alpha value is -0.750. The molecule has 0 aromatic rings. The Morgan fingerprint density at radius 1 is 1.14 bits per heavy atom. The van der Waals surface area contributed by atoms with Gasteiger partial charge >= 0.3 is 7.82 Å². The number of rotatable bonds is 8. The number of aliphatic hydroxyl groups excluding tert-OH is 1. The lowest BCUT2D eigenvalue weighted by atomic mass is 9.84. The molecule has 0 radical (unpaired) electrons. The highest BCUT2D eigenvalue weighted by Gasteiger charge is 2.53. The summed E-state index contributed by atoms with van der Waals surface area (Å²) < 4.78 is 39.6. The van der Waals surface area contributed by atoms with E-state index in [1.54, 1.807) is 6.08 Å². The quantitative estimate of drug-likeness (QED) is 0.137. The minimum atomic E-state index is -5.02. The Morgan fingerprint density at radius 2 is 1.74 bits per heavy atom. The van der Waals surface area contributed by atoms with Crippen LogP contribution in [0.1, 0.15) is 19.8 Å². The van der Waals surface area contributed by atoms with Crippen molar-refractivity contribution in [3.63, 3.8) is 0 Å². The van der Waals surface area contributed by atoms with E-state index in [9.17, 15) is 24.6 Å². The largest absolute Gasteiger partial charge is 0.470 e. The second-order valence-corrected chi connectivity index (χ2v) is 10.6. The summed E-state index contributed by atoms with van der Waals surface area (Å²) in [6, 6.07) is -2.99. The second-order valence-electron chi connectivity index (χ2n) is 9.38. The lowest BCUT2D eigenvalue weighted by Crippen LogP contribution is -2.69. The first-order valence-electron chi connectivity index (χ1n) is 11.3. The molecule has 2 heterocycles. The highest BCUT2D eigenvalue weighted by atomic mass is 31.2. The maximum absolute atomic E-state index is 11.6. The number of nitrogens with one attached hydrogen (secondary N) is 1. The molecule has 13 N–H and O–H groups in total. The fourth-order valence-electron chi connectivity index (χ4n) is 4.68. The number of phosphoric ester groups is 1. The van der Waals surface area contributed by atoms with Crippen LogP contribution >= 0.6 is 7.82 Å². The van der Waals surface area contributed by atoms with Gasteiger partial charge in [0.2, 0.25) is 6.29 Å². The van der Waals surface area contributed by atoms with Gasteiger partial charge in [0, 0.05) is 12.1 Å². The molecule has 1 saturated carbocycles. The molecule has 2 aliphatic heterocycles. The van der Waals surface area contributed by atoms with E-state index in [1.807, 2.05) is 0 Å². The van der Waals surface area contributed by atoms with Crippen LogP contribution in [0.2, 0.25) is 0 Å². The fourth-order valence-corrected chi connectivity index (χ4v) is 5.22. The van der Waals surface area contributed by atoms with E-state index in [0.29, 0.717) is 12.2 Å². The Morgan fingerprint density at radius 3 is 2.29 bits per heavy atom. The maximum Gasteiger partial charge on any atom is 0.470 e. The summed E-state index contributed by atoms with van der Waals surface area (Å²) in [5.41, 5.74) is 22.6. The molecule has 1 aliphatic carbocycles. The van der Waals surface area contributed by atoms with Crippen LogP contribution < -0.4 is 28.3 Å². The van der Waals surface area contributed by atoms with E-state index in [0.717, 1.165) is 0 Å². The molecule has 0 bridgehead atoms.